The molecule has 0 fully saturated rings. The minimum absolute atomic E-state index is 0.101. The van der Waals surface area contributed by atoms with E-state index in [9.17, 15) is 9.90 Å². The van der Waals surface area contributed by atoms with E-state index in [-0.39, 0.29) is 12.3 Å². The number of nitrogens with one attached hydrogen (secondary N) is 1. The maximum absolute atomic E-state index is 10.6. The van der Waals surface area contributed by atoms with Gasteiger partial charge in [0.15, 0.2) is 0 Å². The summed E-state index contributed by atoms with van der Waals surface area (Å²) < 4.78 is 5.73. The van der Waals surface area contributed by atoms with Crippen LogP contribution < -0.4 is 10.1 Å². The number of carbonyl (C=O) groups is 1. The van der Waals surface area contributed by atoms with Gasteiger partial charge in [0.25, 0.3) is 0 Å². The van der Waals surface area contributed by atoms with Crippen LogP contribution in [-0.2, 0) is 4.79 Å². The van der Waals surface area contributed by atoms with Crippen molar-refractivity contribution in [3.8, 4) is 28.5 Å². The number of pyridine rings is 1. The van der Waals surface area contributed by atoms with Crippen LogP contribution in [0, 0.1) is 0 Å². The van der Waals surface area contributed by atoms with Crippen LogP contribution in [-0.4, -0.2) is 27.7 Å². The molecule has 132 valence electrons. The Morgan fingerprint density at radius 3 is 2.69 bits per heavy atom. The zero-order valence-corrected chi connectivity index (χ0v) is 14.3. The first-order valence-corrected chi connectivity index (χ1v) is 8.08. The molecule has 26 heavy (non-hydrogen) atoms. The largest absolute Gasteiger partial charge is 0.507 e. The summed E-state index contributed by atoms with van der Waals surface area (Å²) in [6, 6.07) is 16.9. The van der Waals surface area contributed by atoms with E-state index in [0.717, 1.165) is 5.56 Å². The molecule has 3 N–H and O–H groups in total. The number of aliphatic carboxylic acids is 1. The fourth-order valence-electron chi connectivity index (χ4n) is 2.32. The molecule has 0 aliphatic heterocycles. The minimum Gasteiger partial charge on any atom is -0.507 e. The van der Waals surface area contributed by atoms with Crippen molar-refractivity contribution in [1.29, 1.82) is 0 Å². The number of carboxylic acid groups (broad SMARTS) is 1. The molecule has 2 aromatic carbocycles. The van der Waals surface area contributed by atoms with Crippen molar-refractivity contribution in [3.63, 3.8) is 0 Å². The third-order valence-corrected chi connectivity index (χ3v) is 3.71. The molecule has 0 spiro atoms. The number of carboxylic acids is 1. The quantitative estimate of drug-likeness (QED) is 0.595. The van der Waals surface area contributed by atoms with Crippen molar-refractivity contribution in [1.82, 2.24) is 4.98 Å². The van der Waals surface area contributed by atoms with Gasteiger partial charge in [0, 0.05) is 16.7 Å². The number of anilines is 1. The van der Waals surface area contributed by atoms with E-state index in [1.807, 2.05) is 6.07 Å². The third-order valence-electron chi connectivity index (χ3n) is 3.47. The summed E-state index contributed by atoms with van der Waals surface area (Å²) in [7, 11) is 0. The Labute approximate surface area is 154 Å². The van der Waals surface area contributed by atoms with Gasteiger partial charge in [-0.25, -0.2) is 0 Å². The summed E-state index contributed by atoms with van der Waals surface area (Å²) in [4.78, 5) is 14.8. The number of benzene rings is 2. The zero-order valence-electron chi connectivity index (χ0n) is 13.5. The van der Waals surface area contributed by atoms with Gasteiger partial charge in [0.2, 0.25) is 5.88 Å². The lowest BCUT2D eigenvalue weighted by Gasteiger charge is -2.10. The number of nitrogens with zero attached hydrogens (tertiary/aromatic N) is 1. The van der Waals surface area contributed by atoms with Gasteiger partial charge in [-0.15, -0.1) is 0 Å². The van der Waals surface area contributed by atoms with Crippen LogP contribution in [0.15, 0.2) is 60.7 Å². The number of ether oxygens (including phenoxy) is 1. The van der Waals surface area contributed by atoms with Crippen molar-refractivity contribution >= 4 is 23.4 Å². The lowest BCUT2D eigenvalue weighted by molar-refractivity contribution is -0.134. The Balaban J connectivity index is 1.84. The van der Waals surface area contributed by atoms with Crippen LogP contribution in [0.1, 0.15) is 0 Å². The van der Waals surface area contributed by atoms with Crippen LogP contribution in [0.5, 0.6) is 17.4 Å². The fourth-order valence-corrected chi connectivity index (χ4v) is 2.51. The van der Waals surface area contributed by atoms with E-state index < -0.39 is 5.97 Å². The molecule has 7 heteroatoms. The summed E-state index contributed by atoms with van der Waals surface area (Å²) >= 11 is 6.01. The second-order valence-electron chi connectivity index (χ2n) is 5.40. The number of aromatic nitrogens is 1. The van der Waals surface area contributed by atoms with Crippen LogP contribution in [0.3, 0.4) is 0 Å². The molecule has 3 rings (SSSR count). The predicted octanol–water partition coefficient (Wildman–Crippen LogP) is 4.40. The lowest BCUT2D eigenvalue weighted by atomic mass is 10.0. The molecule has 6 nitrogen and oxygen atoms in total. The van der Waals surface area contributed by atoms with Crippen molar-refractivity contribution < 1.29 is 19.7 Å². The molecule has 0 amide bonds. The van der Waals surface area contributed by atoms with E-state index in [2.05, 4.69) is 10.3 Å². The number of phenolic OH excluding ortho intramolecular Hbond substituents is 1. The van der Waals surface area contributed by atoms with Gasteiger partial charge in [-0.1, -0.05) is 29.8 Å². The van der Waals surface area contributed by atoms with Crippen LogP contribution in [0.4, 0.5) is 5.82 Å². The number of halogens is 1. The van der Waals surface area contributed by atoms with Gasteiger partial charge >= 0.3 is 5.97 Å². The Bertz CT molecular complexity index is 946. The van der Waals surface area contributed by atoms with Crippen molar-refractivity contribution in [2.45, 2.75) is 0 Å². The van der Waals surface area contributed by atoms with E-state index >= 15 is 0 Å². The molecule has 0 atom stereocenters. The second-order valence-corrected chi connectivity index (χ2v) is 5.84. The summed E-state index contributed by atoms with van der Waals surface area (Å²) in [5.74, 6) is 0.273. The topological polar surface area (TPSA) is 91.7 Å². The molecule has 0 bridgehead atoms. The van der Waals surface area contributed by atoms with Crippen molar-refractivity contribution in [3.05, 3.63) is 65.7 Å². The highest BCUT2D eigenvalue weighted by molar-refractivity contribution is 6.30. The Morgan fingerprint density at radius 2 is 1.92 bits per heavy atom. The fraction of sp³-hybridized carbons (Fsp3) is 0.0526. The molecule has 0 unspecified atom stereocenters. The maximum Gasteiger partial charge on any atom is 0.322 e. The van der Waals surface area contributed by atoms with E-state index in [1.54, 1.807) is 48.5 Å². The van der Waals surface area contributed by atoms with Crippen molar-refractivity contribution in [2.75, 3.05) is 11.9 Å². The highest BCUT2D eigenvalue weighted by atomic mass is 35.5. The molecule has 3 aromatic rings. The first-order valence-electron chi connectivity index (χ1n) is 7.71. The monoisotopic (exact) mass is 370 g/mol. The van der Waals surface area contributed by atoms with Gasteiger partial charge in [0.1, 0.15) is 23.9 Å². The predicted molar refractivity (Wildman–Crippen MR) is 99.0 cm³/mol. The molecule has 1 aromatic heterocycles. The van der Waals surface area contributed by atoms with Gasteiger partial charge in [0.05, 0.1) is 0 Å². The second kappa shape index (κ2) is 7.76. The summed E-state index contributed by atoms with van der Waals surface area (Å²) in [5, 5.41) is 22.1. The average molecular weight is 371 g/mol. The molecule has 0 saturated heterocycles. The maximum atomic E-state index is 10.6. The third kappa shape index (κ3) is 4.43. The number of phenols is 1. The molecular weight excluding hydrogens is 356 g/mol. The van der Waals surface area contributed by atoms with Gasteiger partial charge < -0.3 is 20.3 Å². The molecular formula is C19H15ClN2O4. The SMILES string of the molecule is O=C(O)CNc1cccc(Oc2ccc(O)c(-c3cccc(Cl)c3)c2)n1. The summed E-state index contributed by atoms with van der Waals surface area (Å²) in [5.41, 5.74) is 1.33. The van der Waals surface area contributed by atoms with E-state index in [0.29, 0.717) is 28.0 Å². The standard InChI is InChI=1S/C19H15ClN2O4/c20-13-4-1-3-12(9-13)15-10-14(7-8-16(15)23)26-18-6-2-5-17(22-18)21-11-19(24)25/h1-10,23H,11H2,(H,21,22)(H,24,25). The normalized spacial score (nSPS) is 10.3. The van der Waals surface area contributed by atoms with Crippen LogP contribution in [0.2, 0.25) is 5.02 Å². The summed E-state index contributed by atoms with van der Waals surface area (Å²) in [6.45, 7) is -0.241. The number of hydrogen-bond acceptors (Lipinski definition) is 5. The summed E-state index contributed by atoms with van der Waals surface area (Å²) in [6.07, 6.45) is 0. The molecule has 0 aliphatic rings. The Morgan fingerprint density at radius 1 is 1.12 bits per heavy atom. The lowest BCUT2D eigenvalue weighted by Crippen LogP contribution is -2.13. The number of rotatable bonds is 6. The van der Waals surface area contributed by atoms with E-state index in [4.69, 9.17) is 21.4 Å². The Kier molecular flexibility index (Phi) is 5.24. The molecule has 0 aliphatic carbocycles. The highest BCUT2D eigenvalue weighted by Crippen LogP contribution is 2.35. The van der Waals surface area contributed by atoms with Gasteiger partial charge in [-0.05, 0) is 42.0 Å². The minimum atomic E-state index is -0.984. The average Bonchev–Trinajstić information content (AvgIpc) is 2.62. The highest BCUT2D eigenvalue weighted by Gasteiger charge is 2.09. The smallest absolute Gasteiger partial charge is 0.322 e. The van der Waals surface area contributed by atoms with Crippen LogP contribution in [0.25, 0.3) is 11.1 Å². The number of aromatic hydroxyl groups is 1. The van der Waals surface area contributed by atoms with Gasteiger partial charge in [-0.2, -0.15) is 4.98 Å². The Hall–Kier alpha value is -3.25. The van der Waals surface area contributed by atoms with E-state index in [1.165, 1.54) is 6.07 Å². The first-order chi connectivity index (χ1) is 12.5. The van der Waals surface area contributed by atoms with Crippen LogP contribution >= 0.6 is 11.6 Å². The zero-order chi connectivity index (χ0) is 18.5. The molecule has 0 saturated carbocycles. The molecule has 0 radical (unpaired) electrons. The van der Waals surface area contributed by atoms with Gasteiger partial charge in [-0.3, -0.25) is 4.79 Å². The number of hydrogen-bond donors (Lipinski definition) is 3. The van der Waals surface area contributed by atoms with Crippen molar-refractivity contribution in [2.24, 2.45) is 0 Å². The first kappa shape index (κ1) is 17.6. The molecule has 1 heterocycles.